The minimum Gasteiger partial charge on any atom is -0.492 e. The molecule has 3 rings (SSSR count). The number of sulfonamides is 1. The summed E-state index contributed by atoms with van der Waals surface area (Å²) in [5.74, 6) is -0.691. The lowest BCUT2D eigenvalue weighted by Gasteiger charge is -2.19. The monoisotopic (exact) mass is 339 g/mol. The lowest BCUT2D eigenvalue weighted by atomic mass is 10.2. The Bertz CT molecular complexity index is 807. The van der Waals surface area contributed by atoms with Gasteiger partial charge in [0.2, 0.25) is 10.0 Å². The van der Waals surface area contributed by atoms with Gasteiger partial charge in [-0.25, -0.2) is 17.2 Å². The van der Waals surface area contributed by atoms with Crippen LogP contribution in [-0.2, 0) is 16.4 Å². The highest BCUT2D eigenvalue weighted by Gasteiger charge is 2.29. The number of hydrogen-bond acceptors (Lipinski definition) is 3. The highest BCUT2D eigenvalue weighted by atomic mass is 32.2. The molecule has 23 heavy (non-hydrogen) atoms. The van der Waals surface area contributed by atoms with Crippen molar-refractivity contribution in [1.82, 2.24) is 0 Å². The number of hydrogen-bond donors (Lipinski definition) is 0. The molecule has 0 spiro atoms. The molecule has 0 N–H and O–H groups in total. The van der Waals surface area contributed by atoms with Crippen LogP contribution in [0, 0.1) is 11.6 Å². The Morgan fingerprint density at radius 2 is 1.74 bits per heavy atom. The number of nitrogens with zero attached hydrogens (tertiary/aromatic N) is 1. The molecule has 0 fully saturated rings. The summed E-state index contributed by atoms with van der Waals surface area (Å²) in [7, 11) is -3.60. The number of fused-ring (bicyclic) bond motifs is 1. The average molecular weight is 339 g/mol. The number of halogens is 2. The molecule has 0 atom stereocenters. The molecule has 7 heteroatoms. The maximum Gasteiger partial charge on any atom is 0.238 e. The SMILES string of the molecule is O=S(=O)(CCOc1ccc(F)cc1)N1CCc2ccc(F)cc21. The topological polar surface area (TPSA) is 46.6 Å². The maximum absolute atomic E-state index is 13.4. The smallest absolute Gasteiger partial charge is 0.238 e. The number of ether oxygens (including phenoxy) is 1. The second kappa shape index (κ2) is 6.16. The standard InChI is InChI=1S/C16H15F2NO3S/c17-13-3-5-15(6-4-13)22-9-10-23(20,21)19-8-7-12-1-2-14(18)11-16(12)19/h1-6,11H,7-10H2. The molecule has 122 valence electrons. The van der Waals surface area contributed by atoms with E-state index in [4.69, 9.17) is 4.74 Å². The van der Waals surface area contributed by atoms with Gasteiger partial charge >= 0.3 is 0 Å². The molecule has 1 aliphatic rings. The van der Waals surface area contributed by atoms with Crippen LogP contribution < -0.4 is 9.04 Å². The summed E-state index contributed by atoms with van der Waals surface area (Å²) in [6.45, 7) is 0.243. The van der Waals surface area contributed by atoms with Crippen molar-refractivity contribution >= 4 is 15.7 Å². The number of rotatable bonds is 5. The Morgan fingerprint density at radius 1 is 1.04 bits per heavy atom. The van der Waals surface area contributed by atoms with Gasteiger partial charge in [-0.3, -0.25) is 4.31 Å². The molecular formula is C16H15F2NO3S. The summed E-state index contributed by atoms with van der Waals surface area (Å²) in [6, 6.07) is 9.51. The van der Waals surface area contributed by atoms with Crippen molar-refractivity contribution in [3.63, 3.8) is 0 Å². The first kappa shape index (κ1) is 15.7. The van der Waals surface area contributed by atoms with E-state index in [-0.39, 0.29) is 18.2 Å². The van der Waals surface area contributed by atoms with E-state index >= 15 is 0 Å². The molecule has 1 heterocycles. The molecule has 4 nitrogen and oxygen atoms in total. The Balaban J connectivity index is 1.66. The van der Waals surface area contributed by atoms with E-state index in [2.05, 4.69) is 0 Å². The predicted octanol–water partition coefficient (Wildman–Crippen LogP) is 2.74. The first-order valence-electron chi connectivity index (χ1n) is 7.13. The van der Waals surface area contributed by atoms with E-state index in [1.165, 1.54) is 40.7 Å². The zero-order valence-corrected chi connectivity index (χ0v) is 13.0. The third-order valence-electron chi connectivity index (χ3n) is 3.66. The molecular weight excluding hydrogens is 324 g/mol. The molecule has 2 aromatic carbocycles. The second-order valence-corrected chi connectivity index (χ2v) is 7.23. The summed E-state index contributed by atoms with van der Waals surface area (Å²) in [6.07, 6.45) is 0.563. The molecule has 2 aromatic rings. The van der Waals surface area contributed by atoms with Gasteiger partial charge in [-0.05, 0) is 48.4 Å². The fourth-order valence-electron chi connectivity index (χ4n) is 2.52. The lowest BCUT2D eigenvalue weighted by molar-refractivity contribution is 0.340. The lowest BCUT2D eigenvalue weighted by Crippen LogP contribution is -2.33. The van der Waals surface area contributed by atoms with E-state index in [1.54, 1.807) is 6.07 Å². The van der Waals surface area contributed by atoms with Crippen molar-refractivity contribution in [2.75, 3.05) is 23.2 Å². The van der Waals surface area contributed by atoms with Crippen LogP contribution in [0.1, 0.15) is 5.56 Å². The fraction of sp³-hybridized carbons (Fsp3) is 0.250. The summed E-state index contributed by atoms with van der Waals surface area (Å²) in [4.78, 5) is 0. The third kappa shape index (κ3) is 3.44. The maximum atomic E-state index is 13.4. The minimum atomic E-state index is -3.60. The Morgan fingerprint density at radius 3 is 2.48 bits per heavy atom. The molecule has 0 aliphatic carbocycles. The Labute approximate surface area is 133 Å². The zero-order valence-electron chi connectivity index (χ0n) is 12.2. The van der Waals surface area contributed by atoms with Gasteiger partial charge in [-0.15, -0.1) is 0 Å². The summed E-state index contributed by atoms with van der Waals surface area (Å²) in [5.41, 5.74) is 1.21. The molecule has 0 bridgehead atoms. The van der Waals surface area contributed by atoms with E-state index in [9.17, 15) is 17.2 Å². The fourth-order valence-corrected chi connectivity index (χ4v) is 3.87. The van der Waals surface area contributed by atoms with Gasteiger partial charge < -0.3 is 4.74 Å². The molecule has 1 aliphatic heterocycles. The van der Waals surface area contributed by atoms with Crippen LogP contribution in [0.4, 0.5) is 14.5 Å². The van der Waals surface area contributed by atoms with Crippen LogP contribution in [0.2, 0.25) is 0 Å². The summed E-state index contributed by atoms with van der Waals surface area (Å²) in [5, 5.41) is 0. The van der Waals surface area contributed by atoms with Gasteiger partial charge in [0.25, 0.3) is 0 Å². The Hall–Kier alpha value is -2.15. The summed E-state index contributed by atoms with van der Waals surface area (Å²) >= 11 is 0. The van der Waals surface area contributed by atoms with Gasteiger partial charge in [0.15, 0.2) is 0 Å². The van der Waals surface area contributed by atoms with Gasteiger partial charge in [0, 0.05) is 6.54 Å². The predicted molar refractivity (Wildman–Crippen MR) is 83.1 cm³/mol. The van der Waals surface area contributed by atoms with Crippen molar-refractivity contribution in [2.24, 2.45) is 0 Å². The van der Waals surface area contributed by atoms with Crippen molar-refractivity contribution < 1.29 is 21.9 Å². The van der Waals surface area contributed by atoms with Crippen molar-refractivity contribution in [1.29, 1.82) is 0 Å². The summed E-state index contributed by atoms with van der Waals surface area (Å²) < 4.78 is 57.5. The van der Waals surface area contributed by atoms with E-state index in [1.807, 2.05) is 0 Å². The molecule has 0 saturated carbocycles. The Kier molecular flexibility index (Phi) is 4.21. The third-order valence-corrected chi connectivity index (χ3v) is 5.39. The van der Waals surface area contributed by atoms with Gasteiger partial charge in [0.05, 0.1) is 5.69 Å². The highest BCUT2D eigenvalue weighted by molar-refractivity contribution is 7.92. The van der Waals surface area contributed by atoms with E-state index in [0.717, 1.165) is 5.56 Å². The van der Waals surface area contributed by atoms with Crippen molar-refractivity contribution in [3.8, 4) is 5.75 Å². The average Bonchev–Trinajstić information content (AvgIpc) is 2.93. The second-order valence-electron chi connectivity index (χ2n) is 5.21. The van der Waals surface area contributed by atoms with Gasteiger partial charge in [-0.1, -0.05) is 6.07 Å². The first-order chi connectivity index (χ1) is 11.0. The van der Waals surface area contributed by atoms with E-state index in [0.29, 0.717) is 24.4 Å². The van der Waals surface area contributed by atoms with Crippen LogP contribution in [0.5, 0.6) is 5.75 Å². The first-order valence-corrected chi connectivity index (χ1v) is 8.74. The zero-order chi connectivity index (χ0) is 16.4. The van der Waals surface area contributed by atoms with Gasteiger partial charge in [0.1, 0.15) is 29.7 Å². The molecule has 0 unspecified atom stereocenters. The normalized spacial score (nSPS) is 13.9. The quantitative estimate of drug-likeness (QED) is 0.841. The largest absolute Gasteiger partial charge is 0.492 e. The number of anilines is 1. The molecule has 0 radical (unpaired) electrons. The van der Waals surface area contributed by atoms with Crippen LogP contribution >= 0.6 is 0 Å². The highest BCUT2D eigenvalue weighted by Crippen LogP contribution is 2.31. The molecule has 0 saturated heterocycles. The molecule has 0 amide bonds. The van der Waals surface area contributed by atoms with Crippen LogP contribution in [0.3, 0.4) is 0 Å². The van der Waals surface area contributed by atoms with Crippen LogP contribution in [-0.4, -0.2) is 27.3 Å². The molecule has 0 aromatic heterocycles. The van der Waals surface area contributed by atoms with E-state index < -0.39 is 15.8 Å². The minimum absolute atomic E-state index is 0.0604. The van der Waals surface area contributed by atoms with Crippen LogP contribution in [0.15, 0.2) is 42.5 Å². The van der Waals surface area contributed by atoms with Crippen molar-refractivity contribution in [2.45, 2.75) is 6.42 Å². The van der Waals surface area contributed by atoms with Gasteiger partial charge in [-0.2, -0.15) is 0 Å². The number of benzene rings is 2. The van der Waals surface area contributed by atoms with Crippen molar-refractivity contribution in [3.05, 3.63) is 59.7 Å². The van der Waals surface area contributed by atoms with Crippen LogP contribution in [0.25, 0.3) is 0 Å².